The first-order chi connectivity index (χ1) is 9.49. The van der Waals surface area contributed by atoms with Crippen LogP contribution in [-0.4, -0.2) is 5.60 Å². The van der Waals surface area contributed by atoms with Crippen LogP contribution in [0.3, 0.4) is 0 Å². The zero-order chi connectivity index (χ0) is 14.9. The fourth-order valence-corrected chi connectivity index (χ4v) is 2.62. The highest BCUT2D eigenvalue weighted by Crippen LogP contribution is 2.41. The highest BCUT2D eigenvalue weighted by atomic mass is 16.5. The average molecular weight is 268 g/mol. The van der Waals surface area contributed by atoms with Crippen LogP contribution in [0.15, 0.2) is 30.3 Å². The number of fused-ring (bicyclic) bond motifs is 3. The van der Waals surface area contributed by atoms with E-state index < -0.39 is 0 Å². The number of ether oxygens (including phenoxy) is 1. The van der Waals surface area contributed by atoms with Crippen molar-refractivity contribution >= 4 is 16.8 Å². The van der Waals surface area contributed by atoms with E-state index in [-0.39, 0.29) is 5.60 Å². The van der Waals surface area contributed by atoms with Gasteiger partial charge in [0.15, 0.2) is 0 Å². The molecule has 20 heavy (non-hydrogen) atoms. The summed E-state index contributed by atoms with van der Waals surface area (Å²) in [6.07, 6.45) is 4.34. The standard InChI is InChI=1S/C17H18O.C2H6/c1-11-12(2)14-9-10-17(3,4)18-16(14)15-8-6-5-7-13(11)15;1-2/h5-10H,1-4H3;1-2H3. The molecule has 0 aliphatic carbocycles. The fourth-order valence-electron chi connectivity index (χ4n) is 2.62. The predicted octanol–water partition coefficient (Wildman–Crippen LogP) is 5.67. The van der Waals surface area contributed by atoms with Crippen LogP contribution in [-0.2, 0) is 0 Å². The van der Waals surface area contributed by atoms with E-state index in [0.29, 0.717) is 0 Å². The second-order valence-corrected chi connectivity index (χ2v) is 5.58. The molecular weight excluding hydrogens is 244 g/mol. The summed E-state index contributed by atoms with van der Waals surface area (Å²) < 4.78 is 6.18. The van der Waals surface area contributed by atoms with E-state index in [1.165, 1.54) is 27.5 Å². The van der Waals surface area contributed by atoms with Crippen molar-refractivity contribution < 1.29 is 4.74 Å². The monoisotopic (exact) mass is 268 g/mol. The Labute approximate surface area is 122 Å². The molecule has 0 spiro atoms. The number of rotatable bonds is 0. The number of hydrogen-bond acceptors (Lipinski definition) is 1. The van der Waals surface area contributed by atoms with Crippen LogP contribution in [0.4, 0.5) is 0 Å². The molecule has 0 saturated heterocycles. The third-order valence-electron chi connectivity index (χ3n) is 3.80. The molecule has 3 rings (SSSR count). The third-order valence-corrected chi connectivity index (χ3v) is 3.80. The maximum Gasteiger partial charge on any atom is 0.135 e. The summed E-state index contributed by atoms with van der Waals surface area (Å²) in [5.74, 6) is 1.03. The lowest BCUT2D eigenvalue weighted by atomic mass is 9.91. The second kappa shape index (κ2) is 5.32. The van der Waals surface area contributed by atoms with Gasteiger partial charge in [-0.15, -0.1) is 0 Å². The van der Waals surface area contributed by atoms with Crippen LogP contribution in [0.2, 0.25) is 0 Å². The first-order valence-electron chi connectivity index (χ1n) is 7.40. The van der Waals surface area contributed by atoms with Gasteiger partial charge in [0, 0.05) is 10.9 Å². The van der Waals surface area contributed by atoms with Crippen LogP contribution < -0.4 is 4.74 Å². The minimum absolute atomic E-state index is 0.225. The number of aryl methyl sites for hydroxylation is 1. The largest absolute Gasteiger partial charge is 0.482 e. The Morgan fingerprint density at radius 1 is 0.900 bits per heavy atom. The molecule has 0 saturated carbocycles. The molecule has 1 aliphatic rings. The van der Waals surface area contributed by atoms with E-state index in [1.807, 2.05) is 13.8 Å². The zero-order valence-electron chi connectivity index (χ0n) is 13.4. The van der Waals surface area contributed by atoms with Gasteiger partial charge >= 0.3 is 0 Å². The van der Waals surface area contributed by atoms with Crippen molar-refractivity contribution in [1.82, 2.24) is 0 Å². The summed E-state index contributed by atoms with van der Waals surface area (Å²) in [4.78, 5) is 0. The minimum Gasteiger partial charge on any atom is -0.482 e. The van der Waals surface area contributed by atoms with Gasteiger partial charge in [-0.3, -0.25) is 0 Å². The van der Waals surface area contributed by atoms with E-state index in [0.717, 1.165) is 5.75 Å². The van der Waals surface area contributed by atoms with E-state index in [4.69, 9.17) is 4.74 Å². The Morgan fingerprint density at radius 3 is 2.15 bits per heavy atom. The van der Waals surface area contributed by atoms with Gasteiger partial charge in [0.05, 0.1) is 0 Å². The van der Waals surface area contributed by atoms with E-state index >= 15 is 0 Å². The first kappa shape index (κ1) is 14.6. The SMILES string of the molecule is CC.Cc1c2c(c3ccccc3c1C)OC(C)(C)C=C2. The molecule has 0 aromatic heterocycles. The molecule has 1 heteroatoms. The molecule has 106 valence electrons. The summed E-state index contributed by atoms with van der Waals surface area (Å²) in [7, 11) is 0. The summed E-state index contributed by atoms with van der Waals surface area (Å²) in [6.45, 7) is 12.5. The molecule has 0 radical (unpaired) electrons. The first-order valence-corrected chi connectivity index (χ1v) is 7.40. The van der Waals surface area contributed by atoms with E-state index in [9.17, 15) is 0 Å². The highest BCUT2D eigenvalue weighted by molar-refractivity contribution is 5.96. The van der Waals surface area contributed by atoms with Gasteiger partial charge in [-0.05, 0) is 50.3 Å². The molecule has 0 amide bonds. The van der Waals surface area contributed by atoms with Gasteiger partial charge in [-0.2, -0.15) is 0 Å². The maximum atomic E-state index is 6.18. The molecule has 2 aromatic carbocycles. The van der Waals surface area contributed by atoms with Crippen molar-refractivity contribution in [2.75, 3.05) is 0 Å². The van der Waals surface area contributed by atoms with Crippen molar-refractivity contribution in [3.63, 3.8) is 0 Å². The van der Waals surface area contributed by atoms with Crippen LogP contribution in [0.1, 0.15) is 44.4 Å². The summed E-state index contributed by atoms with van der Waals surface area (Å²) in [5.41, 5.74) is 3.66. The molecule has 1 heterocycles. The van der Waals surface area contributed by atoms with Gasteiger partial charge in [-0.1, -0.05) is 44.2 Å². The third kappa shape index (κ3) is 2.33. The lowest BCUT2D eigenvalue weighted by molar-refractivity contribution is 0.161. The summed E-state index contributed by atoms with van der Waals surface area (Å²) in [5, 5.41) is 2.51. The Bertz CT molecular complexity index is 663. The van der Waals surface area contributed by atoms with E-state index in [1.54, 1.807) is 0 Å². The van der Waals surface area contributed by atoms with Crippen LogP contribution in [0.25, 0.3) is 16.8 Å². The van der Waals surface area contributed by atoms with Gasteiger partial charge in [-0.25, -0.2) is 0 Å². The van der Waals surface area contributed by atoms with Gasteiger partial charge in [0.25, 0.3) is 0 Å². The van der Waals surface area contributed by atoms with Crippen LogP contribution in [0, 0.1) is 13.8 Å². The molecule has 0 atom stereocenters. The number of hydrogen-bond donors (Lipinski definition) is 0. The van der Waals surface area contributed by atoms with Crippen LogP contribution in [0.5, 0.6) is 5.75 Å². The molecule has 0 bridgehead atoms. The Kier molecular flexibility index (Phi) is 3.89. The molecule has 0 unspecified atom stereocenters. The average Bonchev–Trinajstić information content (AvgIpc) is 2.46. The smallest absolute Gasteiger partial charge is 0.135 e. The fraction of sp³-hybridized carbons (Fsp3) is 0.368. The zero-order valence-corrected chi connectivity index (χ0v) is 13.4. The van der Waals surface area contributed by atoms with Gasteiger partial charge in [0.2, 0.25) is 0 Å². The number of benzene rings is 2. The topological polar surface area (TPSA) is 9.23 Å². The molecule has 0 fully saturated rings. The Hall–Kier alpha value is -1.76. The van der Waals surface area contributed by atoms with Crippen molar-refractivity contribution in [3.05, 3.63) is 47.0 Å². The van der Waals surface area contributed by atoms with Crippen molar-refractivity contribution in [3.8, 4) is 5.75 Å². The Morgan fingerprint density at radius 2 is 1.50 bits per heavy atom. The van der Waals surface area contributed by atoms with Crippen LogP contribution >= 0.6 is 0 Å². The molecule has 1 nitrogen and oxygen atoms in total. The second-order valence-electron chi connectivity index (χ2n) is 5.58. The minimum atomic E-state index is -0.225. The predicted molar refractivity (Wildman–Crippen MR) is 88.5 cm³/mol. The Balaban J connectivity index is 0.000000704. The lowest BCUT2D eigenvalue weighted by Crippen LogP contribution is -2.28. The van der Waals surface area contributed by atoms with Crippen molar-refractivity contribution in [2.45, 2.75) is 47.1 Å². The molecule has 0 N–H and O–H groups in total. The molecule has 1 aliphatic heterocycles. The molecular formula is C19H24O. The van der Waals surface area contributed by atoms with Crippen molar-refractivity contribution in [2.24, 2.45) is 0 Å². The lowest BCUT2D eigenvalue weighted by Gasteiger charge is -2.30. The van der Waals surface area contributed by atoms with Crippen molar-refractivity contribution in [1.29, 1.82) is 0 Å². The van der Waals surface area contributed by atoms with Gasteiger partial charge in [0.1, 0.15) is 11.4 Å². The summed E-state index contributed by atoms with van der Waals surface area (Å²) >= 11 is 0. The molecule has 2 aromatic rings. The van der Waals surface area contributed by atoms with Gasteiger partial charge < -0.3 is 4.74 Å². The highest BCUT2D eigenvalue weighted by Gasteiger charge is 2.25. The normalized spacial score (nSPS) is 15.1. The summed E-state index contributed by atoms with van der Waals surface area (Å²) in [6, 6.07) is 8.49. The quantitative estimate of drug-likeness (QED) is 0.598. The maximum absolute atomic E-state index is 6.18. The van der Waals surface area contributed by atoms with E-state index in [2.05, 4.69) is 64.1 Å².